The highest BCUT2D eigenvalue weighted by Crippen LogP contribution is 2.09. The van der Waals surface area contributed by atoms with Gasteiger partial charge in [-0.25, -0.2) is 0 Å². The van der Waals surface area contributed by atoms with Gasteiger partial charge in [0, 0.05) is 0 Å². The van der Waals surface area contributed by atoms with E-state index in [2.05, 4.69) is 10.1 Å². The number of rotatable bonds is 3. The van der Waals surface area contributed by atoms with E-state index < -0.39 is 5.60 Å². The van der Waals surface area contributed by atoms with Crippen molar-refractivity contribution in [3.8, 4) is 0 Å². The van der Waals surface area contributed by atoms with Gasteiger partial charge in [-0.1, -0.05) is 5.16 Å². The summed E-state index contributed by atoms with van der Waals surface area (Å²) in [5.41, 5.74) is -0.504. The summed E-state index contributed by atoms with van der Waals surface area (Å²) < 4.78 is 9.83. The molecule has 0 fully saturated rings. The second-order valence-corrected chi connectivity index (χ2v) is 4.27. The van der Waals surface area contributed by atoms with Crippen LogP contribution in [0.25, 0.3) is 0 Å². The van der Waals surface area contributed by atoms with Crippen LogP contribution in [0.1, 0.15) is 32.5 Å². The Morgan fingerprint density at radius 2 is 2.20 bits per heavy atom. The first-order valence-corrected chi connectivity index (χ1v) is 5.03. The molecular formula is C9H13ClN2O3. The maximum Gasteiger partial charge on any atom is 0.314 e. The zero-order valence-electron chi connectivity index (χ0n) is 8.91. The van der Waals surface area contributed by atoms with Crippen molar-refractivity contribution in [3.05, 3.63) is 11.7 Å². The summed E-state index contributed by atoms with van der Waals surface area (Å²) in [6, 6.07) is 0. The molecule has 6 heteroatoms. The fourth-order valence-electron chi connectivity index (χ4n) is 0.923. The summed E-state index contributed by atoms with van der Waals surface area (Å²) in [5, 5.41) is 3.59. The minimum absolute atomic E-state index is 0.00232. The monoisotopic (exact) mass is 232 g/mol. The number of aromatic nitrogens is 2. The van der Waals surface area contributed by atoms with Gasteiger partial charge in [0.05, 0.1) is 0 Å². The van der Waals surface area contributed by atoms with Crippen molar-refractivity contribution < 1.29 is 14.1 Å². The molecule has 0 aliphatic carbocycles. The van der Waals surface area contributed by atoms with Gasteiger partial charge in [-0.05, 0) is 20.8 Å². The summed E-state index contributed by atoms with van der Waals surface area (Å²) in [6.45, 7) is 5.39. The predicted molar refractivity (Wildman–Crippen MR) is 53.4 cm³/mol. The number of esters is 1. The second-order valence-electron chi connectivity index (χ2n) is 4.00. The normalized spacial score (nSPS) is 11.5. The van der Waals surface area contributed by atoms with Gasteiger partial charge < -0.3 is 9.26 Å². The zero-order valence-corrected chi connectivity index (χ0v) is 9.67. The lowest BCUT2D eigenvalue weighted by Crippen LogP contribution is -2.25. The molecule has 0 bridgehead atoms. The quantitative estimate of drug-likeness (QED) is 0.586. The Hall–Kier alpha value is -1.10. The van der Waals surface area contributed by atoms with Crippen LogP contribution in [0.2, 0.25) is 0 Å². The van der Waals surface area contributed by atoms with E-state index in [-0.39, 0.29) is 18.3 Å². The molecule has 0 atom stereocenters. The smallest absolute Gasteiger partial charge is 0.314 e. The predicted octanol–water partition coefficient (Wildman–Crippen LogP) is 1.69. The fraction of sp³-hybridized carbons (Fsp3) is 0.667. The maximum atomic E-state index is 11.3. The van der Waals surface area contributed by atoms with E-state index in [0.717, 1.165) is 0 Å². The number of halogens is 1. The summed E-state index contributed by atoms with van der Waals surface area (Å²) in [7, 11) is 0. The second kappa shape index (κ2) is 4.61. The molecule has 0 unspecified atom stereocenters. The lowest BCUT2D eigenvalue weighted by atomic mass is 10.2. The van der Waals surface area contributed by atoms with Crippen LogP contribution in [0.3, 0.4) is 0 Å². The molecule has 0 amide bonds. The Labute approximate surface area is 92.7 Å². The molecule has 0 aromatic carbocycles. The lowest BCUT2D eigenvalue weighted by molar-refractivity contribution is -0.154. The molecule has 1 rings (SSSR count). The molecule has 1 heterocycles. The number of nitrogens with zero attached hydrogens (tertiary/aromatic N) is 2. The number of carbonyl (C=O) groups excluding carboxylic acids is 1. The largest absolute Gasteiger partial charge is 0.460 e. The number of carbonyl (C=O) groups is 1. The van der Waals surface area contributed by atoms with Crippen LogP contribution in [-0.4, -0.2) is 21.7 Å². The fourth-order valence-corrected chi connectivity index (χ4v) is 1.03. The van der Waals surface area contributed by atoms with Crippen LogP contribution in [0.15, 0.2) is 4.52 Å². The van der Waals surface area contributed by atoms with Gasteiger partial charge in [-0.3, -0.25) is 4.79 Å². The van der Waals surface area contributed by atoms with E-state index in [1.54, 1.807) is 20.8 Å². The molecular weight excluding hydrogens is 220 g/mol. The van der Waals surface area contributed by atoms with E-state index in [1.807, 2.05) is 0 Å². The highest BCUT2D eigenvalue weighted by atomic mass is 35.5. The van der Waals surface area contributed by atoms with E-state index >= 15 is 0 Å². The van der Waals surface area contributed by atoms with Gasteiger partial charge in [-0.2, -0.15) is 4.98 Å². The molecule has 0 aliphatic heterocycles. The van der Waals surface area contributed by atoms with Gasteiger partial charge in [0.1, 0.15) is 17.9 Å². The highest BCUT2D eigenvalue weighted by molar-refractivity contribution is 6.16. The first-order valence-electron chi connectivity index (χ1n) is 4.50. The number of ether oxygens (including phenoxy) is 1. The first kappa shape index (κ1) is 12.0. The van der Waals surface area contributed by atoms with Crippen molar-refractivity contribution >= 4 is 17.6 Å². The number of hydrogen-bond acceptors (Lipinski definition) is 5. The van der Waals surface area contributed by atoms with Gasteiger partial charge in [0.15, 0.2) is 5.82 Å². The van der Waals surface area contributed by atoms with Crippen LogP contribution < -0.4 is 0 Å². The van der Waals surface area contributed by atoms with Gasteiger partial charge in [-0.15, -0.1) is 11.6 Å². The number of alkyl halides is 1. The third-order valence-electron chi connectivity index (χ3n) is 1.35. The Morgan fingerprint density at radius 1 is 1.53 bits per heavy atom. The molecule has 15 heavy (non-hydrogen) atoms. The average molecular weight is 233 g/mol. The minimum Gasteiger partial charge on any atom is -0.460 e. The topological polar surface area (TPSA) is 65.2 Å². The van der Waals surface area contributed by atoms with E-state index in [4.69, 9.17) is 20.9 Å². The molecule has 0 N–H and O–H groups in total. The molecule has 0 aliphatic rings. The molecule has 84 valence electrons. The zero-order chi connectivity index (χ0) is 11.5. The molecule has 1 aromatic rings. The van der Waals surface area contributed by atoms with Crippen molar-refractivity contribution in [2.45, 2.75) is 38.7 Å². The molecule has 0 saturated carbocycles. The van der Waals surface area contributed by atoms with Crippen LogP contribution in [-0.2, 0) is 21.8 Å². The van der Waals surface area contributed by atoms with Crippen molar-refractivity contribution in [1.29, 1.82) is 0 Å². The van der Waals surface area contributed by atoms with Crippen molar-refractivity contribution in [1.82, 2.24) is 10.1 Å². The maximum absolute atomic E-state index is 11.3. The standard InChI is InChI=1S/C9H13ClN2O3/c1-9(2,3)14-8(13)4-6-11-7(5-10)15-12-6/h4-5H2,1-3H3. The summed E-state index contributed by atoms with van der Waals surface area (Å²) in [6.07, 6.45) is -0.00232. The van der Waals surface area contributed by atoms with Crippen LogP contribution in [0.4, 0.5) is 0 Å². The third kappa shape index (κ3) is 4.29. The Morgan fingerprint density at radius 3 is 2.67 bits per heavy atom. The van der Waals surface area contributed by atoms with Crippen LogP contribution in [0.5, 0.6) is 0 Å². The summed E-state index contributed by atoms with van der Waals surface area (Å²) in [4.78, 5) is 15.2. The van der Waals surface area contributed by atoms with Gasteiger partial charge in [0.2, 0.25) is 5.89 Å². The van der Waals surface area contributed by atoms with Gasteiger partial charge in [0.25, 0.3) is 0 Å². The highest BCUT2D eigenvalue weighted by Gasteiger charge is 2.18. The molecule has 1 aromatic heterocycles. The van der Waals surface area contributed by atoms with Crippen molar-refractivity contribution in [3.63, 3.8) is 0 Å². The van der Waals surface area contributed by atoms with Crippen LogP contribution in [0, 0.1) is 0 Å². The molecule has 0 saturated heterocycles. The Balaban J connectivity index is 2.51. The van der Waals surface area contributed by atoms with Crippen molar-refractivity contribution in [2.24, 2.45) is 0 Å². The van der Waals surface area contributed by atoms with E-state index in [9.17, 15) is 4.79 Å². The number of hydrogen-bond donors (Lipinski definition) is 0. The van der Waals surface area contributed by atoms with E-state index in [1.165, 1.54) is 0 Å². The summed E-state index contributed by atoms with van der Waals surface area (Å²) in [5.74, 6) is 0.348. The lowest BCUT2D eigenvalue weighted by Gasteiger charge is -2.18. The average Bonchev–Trinajstić information content (AvgIpc) is 2.48. The Bertz CT molecular complexity index is 343. The third-order valence-corrected chi connectivity index (χ3v) is 1.58. The van der Waals surface area contributed by atoms with E-state index in [0.29, 0.717) is 11.7 Å². The molecule has 5 nitrogen and oxygen atoms in total. The van der Waals surface area contributed by atoms with Crippen LogP contribution >= 0.6 is 11.6 Å². The van der Waals surface area contributed by atoms with Gasteiger partial charge >= 0.3 is 5.97 Å². The molecule has 0 spiro atoms. The summed E-state index contributed by atoms with van der Waals surface area (Å²) >= 11 is 5.47. The Kier molecular flexibility index (Phi) is 3.68. The SMILES string of the molecule is CC(C)(C)OC(=O)Cc1noc(CCl)n1. The van der Waals surface area contributed by atoms with Crippen molar-refractivity contribution in [2.75, 3.05) is 0 Å². The minimum atomic E-state index is -0.504. The molecule has 0 radical (unpaired) electrons. The first-order chi connectivity index (χ1) is 6.90.